The molecule has 2 N–H and O–H groups in total. The highest BCUT2D eigenvalue weighted by atomic mass is 19.1. The average Bonchev–Trinajstić information content (AvgIpc) is 3.50. The fraction of sp³-hybridized carbons (Fsp3) is 0.407. The van der Waals surface area contributed by atoms with Gasteiger partial charge in [0.2, 0.25) is 0 Å². The first-order valence-electron chi connectivity index (χ1n) is 12.3. The van der Waals surface area contributed by atoms with Crippen molar-refractivity contribution in [2.45, 2.75) is 59.0 Å². The van der Waals surface area contributed by atoms with Gasteiger partial charge in [0.1, 0.15) is 11.6 Å². The Balaban J connectivity index is 1.60. The van der Waals surface area contributed by atoms with E-state index in [0.29, 0.717) is 37.7 Å². The van der Waals surface area contributed by atoms with Gasteiger partial charge in [0.25, 0.3) is 5.91 Å². The molecule has 0 aliphatic rings. The van der Waals surface area contributed by atoms with Crippen LogP contribution >= 0.6 is 0 Å². The van der Waals surface area contributed by atoms with E-state index in [4.69, 9.17) is 4.42 Å². The minimum absolute atomic E-state index is 0.153. The Kier molecular flexibility index (Phi) is 9.95. The van der Waals surface area contributed by atoms with Crippen LogP contribution in [-0.2, 0) is 13.1 Å². The highest BCUT2D eigenvalue weighted by molar-refractivity contribution is 5.91. The summed E-state index contributed by atoms with van der Waals surface area (Å²) in [5.74, 6) is 0.260. The fourth-order valence-corrected chi connectivity index (χ4v) is 3.82. The molecule has 0 atom stereocenters. The van der Waals surface area contributed by atoms with Crippen LogP contribution in [0.4, 0.5) is 14.9 Å². The number of furan rings is 1. The summed E-state index contributed by atoms with van der Waals surface area (Å²) in [7, 11) is 0. The number of rotatable bonds is 13. The maximum Gasteiger partial charge on any atom is 0.322 e. The molecule has 0 spiro atoms. The van der Waals surface area contributed by atoms with Gasteiger partial charge in [0, 0.05) is 25.0 Å². The van der Waals surface area contributed by atoms with E-state index in [2.05, 4.69) is 17.6 Å². The Morgan fingerprint density at radius 3 is 2.60 bits per heavy atom. The first kappa shape index (κ1) is 26.1. The largest absolute Gasteiger partial charge is 0.454 e. The highest BCUT2D eigenvalue weighted by Crippen LogP contribution is 2.17. The molecule has 188 valence electrons. The van der Waals surface area contributed by atoms with Crippen LogP contribution in [0, 0.1) is 5.82 Å². The van der Waals surface area contributed by atoms with E-state index < -0.39 is 5.82 Å². The molecule has 7 nitrogen and oxygen atoms in total. The number of urea groups is 1. The van der Waals surface area contributed by atoms with Gasteiger partial charge in [-0.1, -0.05) is 45.2 Å². The second-order valence-electron chi connectivity index (χ2n) is 8.54. The number of anilines is 1. The van der Waals surface area contributed by atoms with Crippen LogP contribution < -0.4 is 10.6 Å². The molecule has 3 aromatic rings. The Morgan fingerprint density at radius 1 is 1.00 bits per heavy atom. The van der Waals surface area contributed by atoms with Gasteiger partial charge in [-0.3, -0.25) is 4.79 Å². The molecule has 0 aliphatic heterocycles. The van der Waals surface area contributed by atoms with Crippen LogP contribution in [0.15, 0.2) is 59.1 Å². The van der Waals surface area contributed by atoms with Gasteiger partial charge in [-0.15, -0.1) is 0 Å². The molecule has 3 amide bonds. The minimum atomic E-state index is -0.473. The Labute approximate surface area is 206 Å². The number of amides is 3. The third-order valence-corrected chi connectivity index (χ3v) is 5.70. The van der Waals surface area contributed by atoms with E-state index in [1.165, 1.54) is 18.6 Å². The van der Waals surface area contributed by atoms with Crippen LogP contribution in [0.1, 0.15) is 68.0 Å². The molecule has 0 unspecified atom stereocenters. The van der Waals surface area contributed by atoms with E-state index in [1.807, 2.05) is 29.8 Å². The van der Waals surface area contributed by atoms with E-state index in [0.717, 1.165) is 31.4 Å². The first-order chi connectivity index (χ1) is 17.0. The number of nitrogens with zero attached hydrogens (tertiary/aromatic N) is 2. The van der Waals surface area contributed by atoms with Gasteiger partial charge in [-0.25, -0.2) is 9.18 Å². The molecule has 1 aromatic carbocycles. The lowest BCUT2D eigenvalue weighted by Crippen LogP contribution is -2.36. The Hall–Kier alpha value is -3.55. The molecular formula is C27H35FN4O3. The summed E-state index contributed by atoms with van der Waals surface area (Å²) in [5, 5.41) is 5.56. The number of halogens is 1. The fourth-order valence-electron chi connectivity index (χ4n) is 3.82. The molecule has 0 bridgehead atoms. The molecule has 0 aliphatic carbocycles. The van der Waals surface area contributed by atoms with Crippen molar-refractivity contribution >= 4 is 17.6 Å². The SMILES string of the molecule is CCCCCCNC(=O)c1ccc(Cn2cccc2CN(CCC)C(=O)Nc2ccccc2F)o1. The van der Waals surface area contributed by atoms with Gasteiger partial charge < -0.3 is 24.5 Å². The topological polar surface area (TPSA) is 79.5 Å². The molecule has 2 aromatic heterocycles. The van der Waals surface area contributed by atoms with E-state index >= 15 is 0 Å². The van der Waals surface area contributed by atoms with Crippen LogP contribution in [0.3, 0.4) is 0 Å². The molecule has 3 rings (SSSR count). The monoisotopic (exact) mass is 482 g/mol. The lowest BCUT2D eigenvalue weighted by Gasteiger charge is -2.23. The van der Waals surface area contributed by atoms with Gasteiger partial charge in [0.15, 0.2) is 5.76 Å². The lowest BCUT2D eigenvalue weighted by atomic mass is 10.2. The Morgan fingerprint density at radius 2 is 1.83 bits per heavy atom. The molecule has 0 radical (unpaired) electrons. The third kappa shape index (κ3) is 7.73. The molecule has 0 fully saturated rings. The zero-order chi connectivity index (χ0) is 25.0. The highest BCUT2D eigenvalue weighted by Gasteiger charge is 2.17. The van der Waals surface area contributed by atoms with Gasteiger partial charge in [-0.2, -0.15) is 0 Å². The number of benzene rings is 1. The summed E-state index contributed by atoms with van der Waals surface area (Å²) in [6.45, 7) is 6.09. The third-order valence-electron chi connectivity index (χ3n) is 5.70. The van der Waals surface area contributed by atoms with E-state index in [9.17, 15) is 14.0 Å². The zero-order valence-electron chi connectivity index (χ0n) is 20.6. The maximum atomic E-state index is 14.0. The number of hydrogen-bond donors (Lipinski definition) is 2. The van der Waals surface area contributed by atoms with E-state index in [1.54, 1.807) is 29.2 Å². The van der Waals surface area contributed by atoms with Crippen molar-refractivity contribution < 1.29 is 18.4 Å². The van der Waals surface area contributed by atoms with Crippen LogP contribution in [0.5, 0.6) is 0 Å². The molecule has 2 heterocycles. The summed E-state index contributed by atoms with van der Waals surface area (Å²) in [6.07, 6.45) is 7.05. The molecule has 35 heavy (non-hydrogen) atoms. The van der Waals surface area contributed by atoms with Crippen molar-refractivity contribution in [1.29, 1.82) is 0 Å². The average molecular weight is 483 g/mol. The summed E-state index contributed by atoms with van der Waals surface area (Å²) in [6, 6.07) is 13.1. The van der Waals surface area contributed by atoms with Crippen molar-refractivity contribution in [1.82, 2.24) is 14.8 Å². The van der Waals surface area contributed by atoms with Crippen molar-refractivity contribution in [2.24, 2.45) is 0 Å². The number of unbranched alkanes of at least 4 members (excludes halogenated alkanes) is 3. The van der Waals surface area contributed by atoms with Crippen LogP contribution in [-0.4, -0.2) is 34.5 Å². The summed E-state index contributed by atoms with van der Waals surface area (Å²) in [5.41, 5.74) is 1.06. The lowest BCUT2D eigenvalue weighted by molar-refractivity contribution is 0.0923. The zero-order valence-corrected chi connectivity index (χ0v) is 20.6. The van der Waals surface area contributed by atoms with Crippen LogP contribution in [0.2, 0.25) is 0 Å². The second-order valence-corrected chi connectivity index (χ2v) is 8.54. The number of carbonyl (C=O) groups excluding carboxylic acids is 2. The van der Waals surface area contributed by atoms with Gasteiger partial charge in [-0.05, 0) is 49.2 Å². The van der Waals surface area contributed by atoms with Crippen molar-refractivity contribution in [3.05, 3.63) is 77.8 Å². The van der Waals surface area contributed by atoms with Gasteiger partial charge in [0.05, 0.1) is 18.8 Å². The number of carbonyl (C=O) groups is 2. The number of hydrogen-bond acceptors (Lipinski definition) is 3. The molecule has 0 saturated heterocycles. The smallest absolute Gasteiger partial charge is 0.322 e. The Bertz CT molecular complexity index is 1090. The minimum Gasteiger partial charge on any atom is -0.454 e. The normalized spacial score (nSPS) is 10.8. The van der Waals surface area contributed by atoms with Gasteiger partial charge >= 0.3 is 6.03 Å². The van der Waals surface area contributed by atoms with Crippen molar-refractivity contribution in [2.75, 3.05) is 18.4 Å². The second kappa shape index (κ2) is 13.4. The predicted molar refractivity (Wildman–Crippen MR) is 135 cm³/mol. The molecule has 8 heteroatoms. The van der Waals surface area contributed by atoms with Crippen molar-refractivity contribution in [3.8, 4) is 0 Å². The first-order valence-corrected chi connectivity index (χ1v) is 12.3. The van der Waals surface area contributed by atoms with Crippen LogP contribution in [0.25, 0.3) is 0 Å². The number of nitrogens with one attached hydrogen (secondary N) is 2. The summed E-state index contributed by atoms with van der Waals surface area (Å²) >= 11 is 0. The van der Waals surface area contributed by atoms with Crippen molar-refractivity contribution in [3.63, 3.8) is 0 Å². The molecule has 0 saturated carbocycles. The summed E-state index contributed by atoms with van der Waals surface area (Å²) < 4.78 is 21.7. The predicted octanol–water partition coefficient (Wildman–Crippen LogP) is 6.02. The number of para-hydroxylation sites is 1. The van der Waals surface area contributed by atoms with E-state index in [-0.39, 0.29) is 17.6 Å². The maximum absolute atomic E-state index is 14.0. The summed E-state index contributed by atoms with van der Waals surface area (Å²) in [4.78, 5) is 26.8. The standard InChI is InChI=1S/C27H35FN4O3/c1-3-5-6-9-16-29-26(33)25-15-14-22(35-25)20-31-18-10-11-21(31)19-32(17-4-2)27(34)30-24-13-8-7-12-23(24)28/h7-8,10-15,18H,3-6,9,16-17,19-20H2,1-2H3,(H,29,33)(H,30,34). The molecular weight excluding hydrogens is 447 g/mol. The number of aromatic nitrogens is 1. The quantitative estimate of drug-likeness (QED) is 0.292.